The number of amides is 3. The summed E-state index contributed by atoms with van der Waals surface area (Å²) in [5.41, 5.74) is 4.98. The van der Waals surface area contributed by atoms with Crippen molar-refractivity contribution in [2.24, 2.45) is 0 Å². The van der Waals surface area contributed by atoms with E-state index >= 15 is 0 Å². The number of alkyl halides is 3. The first-order valence-electron chi connectivity index (χ1n) is 7.92. The lowest BCUT2D eigenvalue weighted by atomic mass is 10.2. The van der Waals surface area contributed by atoms with Crippen LogP contribution < -0.4 is 20.9 Å². The number of nitrogens with one attached hydrogen (secondary N) is 3. The molecule has 9 nitrogen and oxygen atoms in total. The van der Waals surface area contributed by atoms with Gasteiger partial charge < -0.3 is 14.6 Å². The largest absolute Gasteiger partial charge is 0.573 e. The number of carbonyl (C=O) groups excluding carboxylic acids is 2. The number of hydrogen-bond acceptors (Lipinski definition) is 6. The van der Waals surface area contributed by atoms with Crippen molar-refractivity contribution in [3.05, 3.63) is 60.5 Å². The van der Waals surface area contributed by atoms with Crippen LogP contribution in [0.1, 0.15) is 10.7 Å². The highest BCUT2D eigenvalue weighted by molar-refractivity contribution is 5.94. The standard InChI is InChI=1S/C17H12F3N5O4/c18-17(19,20)28-12-8-6-10(7-9-12)13-22-15(29-25-13)14(26)23-24-16(27)21-11-4-2-1-3-5-11/h1-9H,(H,23,26)(H2,21,24,27). The van der Waals surface area contributed by atoms with Crippen LogP contribution in [0.25, 0.3) is 11.4 Å². The van der Waals surface area contributed by atoms with Gasteiger partial charge in [-0.1, -0.05) is 23.4 Å². The summed E-state index contributed by atoms with van der Waals surface area (Å²) in [6.45, 7) is 0. The van der Waals surface area contributed by atoms with Crippen molar-refractivity contribution in [1.82, 2.24) is 21.0 Å². The minimum absolute atomic E-state index is 0.0394. The molecule has 0 atom stereocenters. The Morgan fingerprint density at radius 2 is 1.66 bits per heavy atom. The van der Waals surface area contributed by atoms with Gasteiger partial charge in [-0.05, 0) is 36.4 Å². The van der Waals surface area contributed by atoms with E-state index in [-0.39, 0.29) is 11.4 Å². The number of hydrogen-bond donors (Lipinski definition) is 3. The molecule has 3 amide bonds. The normalized spacial score (nSPS) is 10.9. The van der Waals surface area contributed by atoms with E-state index in [4.69, 9.17) is 4.52 Å². The van der Waals surface area contributed by atoms with Crippen molar-refractivity contribution in [3.8, 4) is 17.1 Å². The first-order chi connectivity index (χ1) is 13.8. The number of anilines is 1. The number of halogens is 3. The Hall–Kier alpha value is -4.09. The van der Waals surface area contributed by atoms with Crippen molar-refractivity contribution < 1.29 is 32.0 Å². The van der Waals surface area contributed by atoms with Crippen LogP contribution in [-0.2, 0) is 0 Å². The van der Waals surface area contributed by atoms with Crippen LogP contribution in [0.4, 0.5) is 23.7 Å². The zero-order chi connectivity index (χ0) is 20.9. The van der Waals surface area contributed by atoms with Gasteiger partial charge in [-0.2, -0.15) is 4.98 Å². The van der Waals surface area contributed by atoms with Gasteiger partial charge in [0.1, 0.15) is 5.75 Å². The van der Waals surface area contributed by atoms with Crippen molar-refractivity contribution >= 4 is 17.6 Å². The molecule has 150 valence electrons. The number of ether oxygens (including phenoxy) is 1. The fourth-order valence-electron chi connectivity index (χ4n) is 2.09. The summed E-state index contributed by atoms with van der Waals surface area (Å²) in [7, 11) is 0. The molecule has 1 heterocycles. The molecule has 0 fully saturated rings. The third kappa shape index (κ3) is 5.69. The second kappa shape index (κ2) is 8.29. The molecule has 29 heavy (non-hydrogen) atoms. The predicted octanol–water partition coefficient (Wildman–Crippen LogP) is 3.10. The molecule has 0 aliphatic carbocycles. The van der Waals surface area contributed by atoms with E-state index in [2.05, 4.69) is 31.0 Å². The van der Waals surface area contributed by atoms with E-state index in [1.165, 1.54) is 12.1 Å². The maximum Gasteiger partial charge on any atom is 0.573 e. The van der Waals surface area contributed by atoms with Gasteiger partial charge in [-0.15, -0.1) is 13.2 Å². The summed E-state index contributed by atoms with van der Waals surface area (Å²) in [5, 5.41) is 6.05. The molecule has 3 rings (SSSR count). The third-order valence-electron chi connectivity index (χ3n) is 3.29. The first-order valence-corrected chi connectivity index (χ1v) is 7.92. The summed E-state index contributed by atoms with van der Waals surface area (Å²) >= 11 is 0. The Balaban J connectivity index is 1.56. The van der Waals surface area contributed by atoms with E-state index in [1.54, 1.807) is 30.3 Å². The van der Waals surface area contributed by atoms with Gasteiger partial charge in [-0.3, -0.25) is 10.2 Å². The lowest BCUT2D eigenvalue weighted by Gasteiger charge is -2.08. The fourth-order valence-corrected chi connectivity index (χ4v) is 2.09. The summed E-state index contributed by atoms with van der Waals surface area (Å²) in [6, 6.07) is 12.5. The minimum atomic E-state index is -4.81. The molecule has 0 spiro atoms. The van der Waals surface area contributed by atoms with Gasteiger partial charge >= 0.3 is 24.2 Å². The Labute approximate surface area is 160 Å². The van der Waals surface area contributed by atoms with Crippen LogP contribution in [0.15, 0.2) is 59.1 Å². The van der Waals surface area contributed by atoms with E-state index in [9.17, 15) is 22.8 Å². The molecule has 0 aliphatic rings. The van der Waals surface area contributed by atoms with E-state index < -0.39 is 29.9 Å². The molecular formula is C17H12F3N5O4. The Kier molecular flexibility index (Phi) is 5.62. The molecule has 0 unspecified atom stereocenters. The number of para-hydroxylation sites is 1. The van der Waals surface area contributed by atoms with Crippen LogP contribution in [0.5, 0.6) is 5.75 Å². The van der Waals surface area contributed by atoms with Crippen molar-refractivity contribution in [2.45, 2.75) is 6.36 Å². The maximum atomic E-state index is 12.2. The van der Waals surface area contributed by atoms with Gasteiger partial charge in [0, 0.05) is 11.3 Å². The van der Waals surface area contributed by atoms with Gasteiger partial charge in [-0.25, -0.2) is 10.2 Å². The molecule has 0 radical (unpaired) electrons. The lowest BCUT2D eigenvalue weighted by Crippen LogP contribution is -2.44. The highest BCUT2D eigenvalue weighted by Crippen LogP contribution is 2.25. The van der Waals surface area contributed by atoms with Gasteiger partial charge in [0.15, 0.2) is 0 Å². The summed E-state index contributed by atoms with van der Waals surface area (Å²) in [4.78, 5) is 27.5. The molecular weight excluding hydrogens is 395 g/mol. The average molecular weight is 407 g/mol. The second-order valence-electron chi connectivity index (χ2n) is 5.39. The number of hydrazine groups is 1. The Bertz CT molecular complexity index is 990. The smallest absolute Gasteiger partial charge is 0.406 e. The zero-order valence-corrected chi connectivity index (χ0v) is 14.4. The molecule has 0 bridgehead atoms. The van der Waals surface area contributed by atoms with Crippen molar-refractivity contribution in [3.63, 3.8) is 0 Å². The number of benzene rings is 2. The summed E-state index contributed by atoms with van der Waals surface area (Å²) in [6.07, 6.45) is -4.81. The lowest BCUT2D eigenvalue weighted by molar-refractivity contribution is -0.274. The molecule has 3 N–H and O–H groups in total. The molecule has 0 saturated carbocycles. The highest BCUT2D eigenvalue weighted by Gasteiger charge is 2.31. The molecule has 12 heteroatoms. The Morgan fingerprint density at radius 1 is 0.966 bits per heavy atom. The van der Waals surface area contributed by atoms with Crippen molar-refractivity contribution in [1.29, 1.82) is 0 Å². The monoisotopic (exact) mass is 407 g/mol. The SMILES string of the molecule is O=C(NNC(=O)c1nc(-c2ccc(OC(F)(F)F)cc2)no1)Nc1ccccc1. The molecule has 3 aromatic rings. The Morgan fingerprint density at radius 3 is 2.31 bits per heavy atom. The zero-order valence-electron chi connectivity index (χ0n) is 14.4. The number of rotatable bonds is 4. The highest BCUT2D eigenvalue weighted by atomic mass is 19.4. The molecule has 2 aromatic carbocycles. The first kappa shape index (κ1) is 19.7. The minimum Gasteiger partial charge on any atom is -0.406 e. The quantitative estimate of drug-likeness (QED) is 0.572. The van der Waals surface area contributed by atoms with Crippen LogP contribution in [0, 0.1) is 0 Å². The van der Waals surface area contributed by atoms with Gasteiger partial charge in [0.25, 0.3) is 0 Å². The van der Waals surface area contributed by atoms with E-state index in [0.717, 1.165) is 12.1 Å². The topological polar surface area (TPSA) is 118 Å². The average Bonchev–Trinajstić information content (AvgIpc) is 3.16. The van der Waals surface area contributed by atoms with Gasteiger partial charge in [0.2, 0.25) is 5.82 Å². The van der Waals surface area contributed by atoms with E-state index in [0.29, 0.717) is 5.69 Å². The van der Waals surface area contributed by atoms with Crippen LogP contribution in [0.2, 0.25) is 0 Å². The van der Waals surface area contributed by atoms with Gasteiger partial charge in [0.05, 0.1) is 0 Å². The maximum absolute atomic E-state index is 12.2. The summed E-state index contributed by atoms with van der Waals surface area (Å²) in [5.74, 6) is -1.81. The van der Waals surface area contributed by atoms with Crippen LogP contribution >= 0.6 is 0 Å². The second-order valence-corrected chi connectivity index (χ2v) is 5.39. The van der Waals surface area contributed by atoms with Crippen molar-refractivity contribution in [2.75, 3.05) is 5.32 Å². The predicted molar refractivity (Wildman–Crippen MR) is 92.5 cm³/mol. The number of aromatic nitrogens is 2. The van der Waals surface area contributed by atoms with E-state index in [1.807, 2.05) is 0 Å². The number of nitrogens with zero attached hydrogens (tertiary/aromatic N) is 2. The fraction of sp³-hybridized carbons (Fsp3) is 0.0588. The third-order valence-corrected chi connectivity index (χ3v) is 3.29. The number of urea groups is 1. The molecule has 0 aliphatic heterocycles. The number of carbonyl (C=O) groups is 2. The molecule has 0 saturated heterocycles. The summed E-state index contributed by atoms with van der Waals surface area (Å²) < 4.78 is 45.0. The van der Waals surface area contributed by atoms with Crippen LogP contribution in [-0.4, -0.2) is 28.4 Å². The van der Waals surface area contributed by atoms with Crippen LogP contribution in [0.3, 0.4) is 0 Å². The molecule has 1 aromatic heterocycles.